The number of ether oxygens (including phenoxy) is 1. The summed E-state index contributed by atoms with van der Waals surface area (Å²) in [6.45, 7) is 8.87. The van der Waals surface area contributed by atoms with Crippen molar-refractivity contribution >= 4 is 29.9 Å². The molecule has 2 saturated carbocycles. The van der Waals surface area contributed by atoms with E-state index in [-0.39, 0.29) is 29.4 Å². The Labute approximate surface area is 157 Å². The quantitative estimate of drug-likeness (QED) is 0.359. The highest BCUT2D eigenvalue weighted by Gasteiger charge is 2.58. The fourth-order valence-electron chi connectivity index (χ4n) is 4.25. The molecule has 6 heteroatoms. The largest absolute Gasteiger partial charge is 0.388 e. The van der Waals surface area contributed by atoms with Crippen molar-refractivity contribution in [2.24, 2.45) is 16.3 Å². The normalized spacial score (nSPS) is 34.3. The van der Waals surface area contributed by atoms with Gasteiger partial charge in [-0.1, -0.05) is 13.8 Å². The van der Waals surface area contributed by atoms with Crippen molar-refractivity contribution in [3.63, 3.8) is 0 Å². The van der Waals surface area contributed by atoms with Crippen LogP contribution in [0.1, 0.15) is 52.9 Å². The van der Waals surface area contributed by atoms with Crippen molar-refractivity contribution in [2.45, 2.75) is 70.6 Å². The molecule has 23 heavy (non-hydrogen) atoms. The molecule has 0 aromatic rings. The Balaban J connectivity index is 0.00000192. The molecular weight excluding hydrogens is 405 g/mol. The van der Waals surface area contributed by atoms with Crippen molar-refractivity contribution < 1.29 is 9.84 Å². The van der Waals surface area contributed by atoms with E-state index < -0.39 is 5.60 Å². The van der Waals surface area contributed by atoms with Crippen LogP contribution in [-0.4, -0.2) is 48.5 Å². The molecular formula is C17H32IN3O2. The molecule has 0 amide bonds. The fraction of sp³-hybridized carbons (Fsp3) is 0.941. The van der Waals surface area contributed by atoms with Gasteiger partial charge in [0.05, 0.1) is 18.2 Å². The summed E-state index contributed by atoms with van der Waals surface area (Å²) in [5.74, 6) is 1.42. The molecule has 3 N–H and O–H groups in total. The molecule has 1 aliphatic heterocycles. The lowest BCUT2D eigenvalue weighted by molar-refractivity contribution is -0.188. The van der Waals surface area contributed by atoms with Gasteiger partial charge < -0.3 is 20.5 Å². The second-order valence-corrected chi connectivity index (χ2v) is 7.81. The molecule has 0 aromatic heterocycles. The number of aliphatic hydroxyl groups is 1. The first kappa shape index (κ1) is 19.2. The summed E-state index contributed by atoms with van der Waals surface area (Å²) in [6.07, 6.45) is 5.63. The minimum absolute atomic E-state index is 0. The van der Waals surface area contributed by atoms with E-state index in [0.717, 1.165) is 44.8 Å². The Hall–Kier alpha value is -0.0800. The van der Waals surface area contributed by atoms with E-state index >= 15 is 0 Å². The molecule has 0 bridgehead atoms. The average Bonchev–Trinajstić information content (AvgIpc) is 2.48. The van der Waals surface area contributed by atoms with Gasteiger partial charge >= 0.3 is 0 Å². The maximum absolute atomic E-state index is 10.2. The van der Waals surface area contributed by atoms with Crippen LogP contribution in [0, 0.1) is 11.3 Å². The molecule has 3 rings (SSSR count). The number of hydrogen-bond acceptors (Lipinski definition) is 3. The summed E-state index contributed by atoms with van der Waals surface area (Å²) < 4.78 is 5.96. The Morgan fingerprint density at radius 2 is 2.04 bits per heavy atom. The topological polar surface area (TPSA) is 65.9 Å². The van der Waals surface area contributed by atoms with Crippen LogP contribution in [0.5, 0.6) is 0 Å². The van der Waals surface area contributed by atoms with Gasteiger partial charge in [-0.2, -0.15) is 0 Å². The summed E-state index contributed by atoms with van der Waals surface area (Å²) in [5, 5.41) is 17.2. The number of guanidine groups is 1. The van der Waals surface area contributed by atoms with E-state index in [1.165, 1.54) is 6.42 Å². The van der Waals surface area contributed by atoms with Gasteiger partial charge in [-0.05, 0) is 39.0 Å². The highest BCUT2D eigenvalue weighted by atomic mass is 127. The van der Waals surface area contributed by atoms with Crippen molar-refractivity contribution in [1.82, 2.24) is 10.6 Å². The van der Waals surface area contributed by atoms with E-state index in [0.29, 0.717) is 24.6 Å². The first-order valence-electron chi connectivity index (χ1n) is 8.85. The molecule has 3 atom stereocenters. The highest BCUT2D eigenvalue weighted by Crippen LogP contribution is 2.51. The monoisotopic (exact) mass is 437 g/mol. The van der Waals surface area contributed by atoms with E-state index in [9.17, 15) is 5.11 Å². The predicted octanol–water partition coefficient (Wildman–Crippen LogP) is 2.28. The first-order valence-corrected chi connectivity index (χ1v) is 8.85. The summed E-state index contributed by atoms with van der Waals surface area (Å²) in [6, 6.07) is 0.395. The molecule has 0 aromatic carbocycles. The molecule has 3 aliphatic rings. The molecule has 0 spiro atoms. The van der Waals surface area contributed by atoms with Gasteiger partial charge in [-0.3, -0.25) is 4.99 Å². The second kappa shape index (κ2) is 7.44. The van der Waals surface area contributed by atoms with Gasteiger partial charge in [0, 0.05) is 30.5 Å². The van der Waals surface area contributed by atoms with Crippen LogP contribution < -0.4 is 10.6 Å². The number of halogens is 1. The van der Waals surface area contributed by atoms with Crippen molar-refractivity contribution in [3.8, 4) is 0 Å². The minimum atomic E-state index is -0.562. The smallest absolute Gasteiger partial charge is 0.191 e. The number of rotatable bonds is 4. The Morgan fingerprint density at radius 1 is 1.30 bits per heavy atom. The maximum Gasteiger partial charge on any atom is 0.191 e. The first-order chi connectivity index (χ1) is 10.5. The number of nitrogens with zero attached hydrogens (tertiary/aromatic N) is 1. The molecule has 3 fully saturated rings. The van der Waals surface area contributed by atoms with Crippen LogP contribution >= 0.6 is 24.0 Å². The average molecular weight is 437 g/mol. The van der Waals surface area contributed by atoms with Gasteiger partial charge in [0.15, 0.2) is 5.96 Å². The van der Waals surface area contributed by atoms with Gasteiger partial charge in [0.25, 0.3) is 0 Å². The van der Waals surface area contributed by atoms with Crippen molar-refractivity contribution in [2.75, 3.05) is 19.7 Å². The van der Waals surface area contributed by atoms with Gasteiger partial charge in [-0.15, -0.1) is 24.0 Å². The van der Waals surface area contributed by atoms with Crippen LogP contribution in [0.15, 0.2) is 4.99 Å². The summed E-state index contributed by atoms with van der Waals surface area (Å²) in [4.78, 5) is 4.64. The van der Waals surface area contributed by atoms with E-state index in [2.05, 4.69) is 36.4 Å². The Morgan fingerprint density at radius 3 is 2.65 bits per heavy atom. The minimum Gasteiger partial charge on any atom is -0.388 e. The van der Waals surface area contributed by atoms with E-state index in [1.807, 2.05) is 0 Å². The molecule has 1 saturated heterocycles. The van der Waals surface area contributed by atoms with Crippen molar-refractivity contribution in [3.05, 3.63) is 0 Å². The zero-order valence-corrected chi connectivity index (χ0v) is 16.9. The van der Waals surface area contributed by atoms with Crippen LogP contribution in [-0.2, 0) is 4.74 Å². The lowest BCUT2D eigenvalue weighted by atomic mass is 9.55. The molecule has 5 nitrogen and oxygen atoms in total. The zero-order chi connectivity index (χ0) is 15.8. The van der Waals surface area contributed by atoms with Gasteiger partial charge in [0.2, 0.25) is 0 Å². The summed E-state index contributed by atoms with van der Waals surface area (Å²) in [7, 11) is 0. The zero-order valence-electron chi connectivity index (χ0n) is 14.6. The number of fused-ring (bicyclic) bond motifs is 1. The highest BCUT2D eigenvalue weighted by molar-refractivity contribution is 14.0. The van der Waals surface area contributed by atoms with Crippen LogP contribution in [0.25, 0.3) is 0 Å². The molecule has 0 radical (unpaired) electrons. The predicted molar refractivity (Wildman–Crippen MR) is 103 cm³/mol. The molecule has 134 valence electrons. The number of aliphatic imine (C=N–C) groups is 1. The third kappa shape index (κ3) is 3.79. The summed E-state index contributed by atoms with van der Waals surface area (Å²) in [5.41, 5.74) is -0.428. The third-order valence-electron chi connectivity index (χ3n) is 5.78. The Kier molecular flexibility index (Phi) is 6.22. The SMILES string of the molecule is CCNC(=NCC1(O)CCC1)NC1C2CCCOC2C1(C)C.I. The van der Waals surface area contributed by atoms with Crippen LogP contribution in [0.3, 0.4) is 0 Å². The third-order valence-corrected chi connectivity index (χ3v) is 5.78. The number of nitrogens with one attached hydrogen (secondary N) is 2. The van der Waals surface area contributed by atoms with Crippen molar-refractivity contribution in [1.29, 1.82) is 0 Å². The second-order valence-electron chi connectivity index (χ2n) is 7.81. The lowest BCUT2D eigenvalue weighted by Crippen LogP contribution is -2.71. The lowest BCUT2D eigenvalue weighted by Gasteiger charge is -2.60. The van der Waals surface area contributed by atoms with Crippen LogP contribution in [0.4, 0.5) is 0 Å². The Bertz CT molecular complexity index is 438. The molecule has 3 unspecified atom stereocenters. The fourth-order valence-corrected chi connectivity index (χ4v) is 4.25. The van der Waals surface area contributed by atoms with Gasteiger partial charge in [0.1, 0.15) is 0 Å². The molecule has 2 aliphatic carbocycles. The number of hydrogen-bond donors (Lipinski definition) is 3. The van der Waals surface area contributed by atoms with Gasteiger partial charge in [-0.25, -0.2) is 0 Å². The standard InChI is InChI=1S/C17H31N3O2.HI/c1-4-18-15(19-11-17(21)8-6-9-17)20-13-12-7-5-10-22-14(12)16(13,2)3;/h12-14,21H,4-11H2,1-3H3,(H2,18,19,20);1H. The van der Waals surface area contributed by atoms with E-state index in [4.69, 9.17) is 4.74 Å². The maximum atomic E-state index is 10.2. The van der Waals surface area contributed by atoms with E-state index in [1.54, 1.807) is 0 Å². The molecule has 1 heterocycles. The summed E-state index contributed by atoms with van der Waals surface area (Å²) >= 11 is 0. The van der Waals surface area contributed by atoms with Crippen LogP contribution in [0.2, 0.25) is 0 Å².